The molecule has 0 aromatic heterocycles. The monoisotopic (exact) mass is 212 g/mol. The van der Waals surface area contributed by atoms with Gasteiger partial charge in [0.1, 0.15) is 0 Å². The number of rotatable bonds is 6. The first kappa shape index (κ1) is 12.5. The number of hydrogen-bond donors (Lipinski definition) is 2. The average Bonchev–Trinajstić information content (AvgIpc) is 2.17. The summed E-state index contributed by atoms with van der Waals surface area (Å²) in [6.07, 6.45) is 7.29. The molecule has 1 rings (SSSR count). The molecule has 3 N–H and O–H groups in total. The molecule has 0 aliphatic heterocycles. The van der Waals surface area contributed by atoms with E-state index in [0.717, 1.165) is 24.9 Å². The SMILES string of the molecule is CC1CCCC(CCNCCC(N)=O)C1. The second-order valence-corrected chi connectivity index (χ2v) is 4.89. The third-order valence-electron chi connectivity index (χ3n) is 3.32. The van der Waals surface area contributed by atoms with Gasteiger partial charge in [0.15, 0.2) is 0 Å². The van der Waals surface area contributed by atoms with Gasteiger partial charge in [0.2, 0.25) is 5.91 Å². The average molecular weight is 212 g/mol. The maximum absolute atomic E-state index is 10.5. The third kappa shape index (κ3) is 5.78. The summed E-state index contributed by atoms with van der Waals surface area (Å²) in [6.45, 7) is 4.12. The predicted octanol–water partition coefficient (Wildman–Crippen LogP) is 1.67. The lowest BCUT2D eigenvalue weighted by molar-refractivity contribution is -0.117. The fraction of sp³-hybridized carbons (Fsp3) is 0.917. The Kier molecular flexibility index (Phi) is 5.69. The van der Waals surface area contributed by atoms with Crippen LogP contribution in [0, 0.1) is 11.8 Å². The van der Waals surface area contributed by atoms with E-state index in [1.165, 1.54) is 32.1 Å². The van der Waals surface area contributed by atoms with Crippen LogP contribution in [0.15, 0.2) is 0 Å². The van der Waals surface area contributed by atoms with Crippen molar-refractivity contribution in [3.8, 4) is 0 Å². The Morgan fingerprint density at radius 2 is 2.20 bits per heavy atom. The second kappa shape index (κ2) is 6.83. The Hall–Kier alpha value is -0.570. The van der Waals surface area contributed by atoms with E-state index in [1.807, 2.05) is 0 Å². The van der Waals surface area contributed by atoms with Crippen LogP contribution < -0.4 is 11.1 Å². The standard InChI is InChI=1S/C12H24N2O/c1-10-3-2-4-11(9-10)5-7-14-8-6-12(13)15/h10-11,14H,2-9H2,1H3,(H2,13,15). The summed E-state index contributed by atoms with van der Waals surface area (Å²) in [5.74, 6) is 1.60. The fourth-order valence-corrected chi connectivity index (χ4v) is 2.46. The van der Waals surface area contributed by atoms with Crippen LogP contribution >= 0.6 is 0 Å². The number of primary amides is 1. The van der Waals surface area contributed by atoms with Crippen molar-refractivity contribution in [3.63, 3.8) is 0 Å². The minimum Gasteiger partial charge on any atom is -0.370 e. The molecule has 0 radical (unpaired) electrons. The molecule has 3 nitrogen and oxygen atoms in total. The van der Waals surface area contributed by atoms with Gasteiger partial charge < -0.3 is 11.1 Å². The minimum atomic E-state index is -0.214. The van der Waals surface area contributed by atoms with Crippen molar-refractivity contribution < 1.29 is 4.79 Å². The van der Waals surface area contributed by atoms with E-state index in [2.05, 4.69) is 12.2 Å². The molecule has 0 spiro atoms. The Bertz CT molecular complexity index is 194. The first-order valence-corrected chi connectivity index (χ1v) is 6.17. The molecular formula is C12H24N2O. The van der Waals surface area contributed by atoms with Crippen LogP contribution in [-0.2, 0) is 4.79 Å². The second-order valence-electron chi connectivity index (χ2n) is 4.89. The quantitative estimate of drug-likeness (QED) is 0.658. The molecule has 3 heteroatoms. The zero-order valence-corrected chi connectivity index (χ0v) is 9.80. The van der Waals surface area contributed by atoms with Crippen molar-refractivity contribution in [2.24, 2.45) is 17.6 Å². The van der Waals surface area contributed by atoms with E-state index < -0.39 is 0 Å². The summed E-state index contributed by atoms with van der Waals surface area (Å²) in [6, 6.07) is 0. The van der Waals surface area contributed by atoms with Crippen LogP contribution in [0.4, 0.5) is 0 Å². The molecule has 0 saturated heterocycles. The van der Waals surface area contributed by atoms with Gasteiger partial charge in [0, 0.05) is 13.0 Å². The zero-order chi connectivity index (χ0) is 11.1. The van der Waals surface area contributed by atoms with E-state index in [0.29, 0.717) is 6.42 Å². The molecule has 88 valence electrons. The zero-order valence-electron chi connectivity index (χ0n) is 9.80. The summed E-state index contributed by atoms with van der Waals surface area (Å²) in [5, 5.41) is 3.28. The van der Waals surface area contributed by atoms with Crippen LogP contribution in [0.5, 0.6) is 0 Å². The van der Waals surface area contributed by atoms with Gasteiger partial charge in [-0.25, -0.2) is 0 Å². The van der Waals surface area contributed by atoms with Gasteiger partial charge in [-0.1, -0.05) is 26.2 Å². The Morgan fingerprint density at radius 3 is 2.87 bits per heavy atom. The molecule has 0 aromatic carbocycles. The van der Waals surface area contributed by atoms with E-state index in [4.69, 9.17) is 5.73 Å². The highest BCUT2D eigenvalue weighted by Crippen LogP contribution is 2.30. The number of carbonyl (C=O) groups excluding carboxylic acids is 1. The number of hydrogen-bond acceptors (Lipinski definition) is 2. The van der Waals surface area contributed by atoms with Gasteiger partial charge in [-0.15, -0.1) is 0 Å². The van der Waals surface area contributed by atoms with Crippen LogP contribution in [-0.4, -0.2) is 19.0 Å². The molecule has 1 aliphatic carbocycles. The molecule has 1 aliphatic rings. The van der Waals surface area contributed by atoms with E-state index in [1.54, 1.807) is 0 Å². The highest BCUT2D eigenvalue weighted by atomic mass is 16.1. The normalized spacial score (nSPS) is 26.5. The smallest absolute Gasteiger partial charge is 0.218 e. The highest BCUT2D eigenvalue weighted by Gasteiger charge is 2.17. The van der Waals surface area contributed by atoms with Crippen molar-refractivity contribution in [2.45, 2.75) is 45.4 Å². The molecule has 1 amide bonds. The van der Waals surface area contributed by atoms with Crippen molar-refractivity contribution >= 4 is 5.91 Å². The van der Waals surface area contributed by atoms with Gasteiger partial charge in [-0.3, -0.25) is 4.79 Å². The van der Waals surface area contributed by atoms with Crippen molar-refractivity contribution in [3.05, 3.63) is 0 Å². The summed E-state index contributed by atoms with van der Waals surface area (Å²) in [7, 11) is 0. The number of nitrogens with one attached hydrogen (secondary N) is 1. The molecule has 1 saturated carbocycles. The van der Waals surface area contributed by atoms with Crippen LogP contribution in [0.25, 0.3) is 0 Å². The van der Waals surface area contributed by atoms with Gasteiger partial charge in [0.05, 0.1) is 0 Å². The largest absolute Gasteiger partial charge is 0.370 e. The molecule has 15 heavy (non-hydrogen) atoms. The first-order valence-electron chi connectivity index (χ1n) is 6.17. The van der Waals surface area contributed by atoms with E-state index in [9.17, 15) is 4.79 Å². The Balaban J connectivity index is 1.97. The molecule has 0 heterocycles. The molecule has 1 fully saturated rings. The summed E-state index contributed by atoms with van der Waals surface area (Å²) in [4.78, 5) is 10.5. The van der Waals surface area contributed by atoms with Crippen LogP contribution in [0.1, 0.15) is 45.4 Å². The third-order valence-corrected chi connectivity index (χ3v) is 3.32. The van der Waals surface area contributed by atoms with Crippen molar-refractivity contribution in [2.75, 3.05) is 13.1 Å². The first-order chi connectivity index (χ1) is 7.18. The van der Waals surface area contributed by atoms with E-state index in [-0.39, 0.29) is 5.91 Å². The molecular weight excluding hydrogens is 188 g/mol. The molecule has 2 unspecified atom stereocenters. The lowest BCUT2D eigenvalue weighted by atomic mass is 9.81. The Morgan fingerprint density at radius 1 is 1.40 bits per heavy atom. The maximum Gasteiger partial charge on any atom is 0.218 e. The molecule has 2 atom stereocenters. The predicted molar refractivity (Wildman–Crippen MR) is 62.4 cm³/mol. The number of nitrogens with two attached hydrogens (primary N) is 1. The van der Waals surface area contributed by atoms with Crippen LogP contribution in [0.2, 0.25) is 0 Å². The summed E-state index contributed by atoms with van der Waals surface area (Å²) < 4.78 is 0. The minimum absolute atomic E-state index is 0.214. The van der Waals surface area contributed by atoms with Gasteiger partial charge in [0.25, 0.3) is 0 Å². The summed E-state index contributed by atoms with van der Waals surface area (Å²) >= 11 is 0. The van der Waals surface area contributed by atoms with Crippen molar-refractivity contribution in [1.29, 1.82) is 0 Å². The van der Waals surface area contributed by atoms with Crippen LogP contribution in [0.3, 0.4) is 0 Å². The van der Waals surface area contributed by atoms with E-state index >= 15 is 0 Å². The maximum atomic E-state index is 10.5. The number of carbonyl (C=O) groups is 1. The van der Waals surface area contributed by atoms with Gasteiger partial charge in [-0.2, -0.15) is 0 Å². The van der Waals surface area contributed by atoms with Gasteiger partial charge in [-0.05, 0) is 31.2 Å². The van der Waals surface area contributed by atoms with Gasteiger partial charge >= 0.3 is 0 Å². The summed E-state index contributed by atoms with van der Waals surface area (Å²) in [5.41, 5.74) is 5.06. The molecule has 0 bridgehead atoms. The lowest BCUT2D eigenvalue weighted by Crippen LogP contribution is -2.25. The molecule has 0 aromatic rings. The topological polar surface area (TPSA) is 55.1 Å². The lowest BCUT2D eigenvalue weighted by Gasteiger charge is -2.26. The van der Waals surface area contributed by atoms with Crippen molar-refractivity contribution in [1.82, 2.24) is 5.32 Å². The Labute approximate surface area is 92.8 Å². The fourth-order valence-electron chi connectivity index (χ4n) is 2.46. The highest BCUT2D eigenvalue weighted by molar-refractivity contribution is 5.73. The number of amides is 1.